The van der Waals surface area contributed by atoms with E-state index in [1.54, 1.807) is 18.2 Å². The van der Waals surface area contributed by atoms with E-state index in [1.165, 1.54) is 23.9 Å². The number of carbonyl (C=O) groups excluding carboxylic acids is 1. The highest BCUT2D eigenvalue weighted by atomic mass is 32.2. The number of fused-ring (bicyclic) bond motifs is 1. The predicted octanol–water partition coefficient (Wildman–Crippen LogP) is 4.65. The van der Waals surface area contributed by atoms with E-state index in [1.807, 2.05) is 38.1 Å². The van der Waals surface area contributed by atoms with Gasteiger partial charge < -0.3 is 14.8 Å². The van der Waals surface area contributed by atoms with Gasteiger partial charge in [0, 0.05) is 23.5 Å². The fourth-order valence-electron chi connectivity index (χ4n) is 2.82. The number of nitrogens with zero attached hydrogens (tertiary/aromatic N) is 1. The largest absolute Gasteiger partial charge is 0.351 e. The van der Waals surface area contributed by atoms with E-state index < -0.39 is 6.29 Å². The summed E-state index contributed by atoms with van der Waals surface area (Å²) < 4.78 is 24.1. The van der Waals surface area contributed by atoms with Crippen LogP contribution in [0.15, 0.2) is 64.5 Å². The Balaban J connectivity index is 1.85. The Morgan fingerprint density at radius 2 is 1.79 bits per heavy atom. The van der Waals surface area contributed by atoms with Crippen LogP contribution in [0.4, 0.5) is 4.39 Å². The first-order valence-electron chi connectivity index (χ1n) is 9.45. The minimum atomic E-state index is -0.491. The van der Waals surface area contributed by atoms with Crippen molar-refractivity contribution in [1.82, 2.24) is 10.3 Å². The van der Waals surface area contributed by atoms with Gasteiger partial charge in [0.05, 0.1) is 17.6 Å². The third-order valence-electron chi connectivity index (χ3n) is 4.11. The number of pyridine rings is 1. The third-order valence-corrected chi connectivity index (χ3v) is 5.03. The Hall–Kier alpha value is -2.48. The van der Waals surface area contributed by atoms with Gasteiger partial charge in [-0.15, -0.1) is 0 Å². The maximum absolute atomic E-state index is 13.2. The van der Waals surface area contributed by atoms with Crippen LogP contribution in [0.2, 0.25) is 0 Å². The zero-order chi connectivity index (χ0) is 20.6. The minimum absolute atomic E-state index is 0.228. The van der Waals surface area contributed by atoms with Crippen molar-refractivity contribution in [2.75, 3.05) is 19.8 Å². The molecule has 0 aliphatic heterocycles. The Morgan fingerprint density at radius 3 is 2.48 bits per heavy atom. The summed E-state index contributed by atoms with van der Waals surface area (Å²) in [6.07, 6.45) is -0.491. The molecule has 5 nitrogen and oxygen atoms in total. The lowest BCUT2D eigenvalue weighted by atomic mass is 10.1. The minimum Gasteiger partial charge on any atom is -0.351 e. The lowest BCUT2D eigenvalue weighted by Gasteiger charge is -2.18. The highest BCUT2D eigenvalue weighted by Crippen LogP contribution is 2.30. The quantitative estimate of drug-likeness (QED) is 0.516. The number of para-hydroxylation sites is 1. The summed E-state index contributed by atoms with van der Waals surface area (Å²) in [5.74, 6) is -0.520. The smallest absolute Gasteiger partial charge is 0.252 e. The van der Waals surface area contributed by atoms with E-state index in [0.717, 1.165) is 15.8 Å². The number of rotatable bonds is 9. The normalized spacial score (nSPS) is 11.2. The van der Waals surface area contributed by atoms with Gasteiger partial charge in [-0.2, -0.15) is 0 Å². The monoisotopic (exact) mass is 414 g/mol. The molecular formula is C22H23FN2O3S. The average Bonchev–Trinajstić information content (AvgIpc) is 2.73. The van der Waals surface area contributed by atoms with Gasteiger partial charge in [-0.25, -0.2) is 9.37 Å². The Labute approximate surface area is 173 Å². The van der Waals surface area contributed by atoms with E-state index >= 15 is 0 Å². The number of carbonyl (C=O) groups is 1. The fraction of sp³-hybridized carbons (Fsp3) is 0.273. The summed E-state index contributed by atoms with van der Waals surface area (Å²) in [4.78, 5) is 18.4. The molecule has 0 aliphatic rings. The SMILES string of the molecule is CCOC(CNC(=O)c1cc(Sc2ccc(F)cc2)nc2ccccc12)OCC. The van der Waals surface area contributed by atoms with Crippen molar-refractivity contribution in [3.8, 4) is 0 Å². The highest BCUT2D eigenvalue weighted by molar-refractivity contribution is 7.99. The molecule has 1 aromatic heterocycles. The number of benzene rings is 2. The van der Waals surface area contributed by atoms with Gasteiger partial charge in [0.1, 0.15) is 10.8 Å². The molecule has 3 rings (SSSR count). The molecule has 0 bridgehead atoms. The molecule has 1 heterocycles. The van der Waals surface area contributed by atoms with Crippen molar-refractivity contribution in [1.29, 1.82) is 0 Å². The summed E-state index contributed by atoms with van der Waals surface area (Å²) in [5.41, 5.74) is 1.24. The van der Waals surface area contributed by atoms with Crippen LogP contribution in [-0.4, -0.2) is 36.9 Å². The summed E-state index contributed by atoms with van der Waals surface area (Å²) in [5, 5.41) is 4.30. The number of hydrogen-bond acceptors (Lipinski definition) is 5. The zero-order valence-electron chi connectivity index (χ0n) is 16.4. The molecule has 7 heteroatoms. The van der Waals surface area contributed by atoms with Crippen molar-refractivity contribution >= 4 is 28.6 Å². The Kier molecular flexibility index (Phi) is 7.57. The van der Waals surface area contributed by atoms with Crippen LogP contribution < -0.4 is 5.32 Å². The van der Waals surface area contributed by atoms with Crippen molar-refractivity contribution in [2.24, 2.45) is 0 Å². The van der Waals surface area contributed by atoms with Crippen molar-refractivity contribution in [3.05, 3.63) is 66.0 Å². The van der Waals surface area contributed by atoms with Crippen LogP contribution in [0.3, 0.4) is 0 Å². The molecule has 0 saturated carbocycles. The van der Waals surface area contributed by atoms with E-state index in [2.05, 4.69) is 10.3 Å². The highest BCUT2D eigenvalue weighted by Gasteiger charge is 2.16. The lowest BCUT2D eigenvalue weighted by Crippen LogP contribution is -2.35. The fourth-order valence-corrected chi connectivity index (χ4v) is 3.66. The number of aromatic nitrogens is 1. The van der Waals surface area contributed by atoms with E-state index in [0.29, 0.717) is 23.8 Å². The van der Waals surface area contributed by atoms with E-state index in [4.69, 9.17) is 9.47 Å². The molecule has 0 spiro atoms. The van der Waals surface area contributed by atoms with Crippen LogP contribution >= 0.6 is 11.8 Å². The van der Waals surface area contributed by atoms with Gasteiger partial charge in [-0.05, 0) is 50.2 Å². The predicted molar refractivity (Wildman–Crippen MR) is 112 cm³/mol. The molecule has 29 heavy (non-hydrogen) atoms. The molecular weight excluding hydrogens is 391 g/mol. The molecule has 0 radical (unpaired) electrons. The molecule has 0 atom stereocenters. The first kappa shape index (κ1) is 21.2. The second-order valence-corrected chi connectivity index (χ2v) is 7.23. The maximum Gasteiger partial charge on any atom is 0.252 e. The van der Waals surface area contributed by atoms with Crippen LogP contribution in [0.1, 0.15) is 24.2 Å². The second-order valence-electron chi connectivity index (χ2n) is 6.13. The van der Waals surface area contributed by atoms with Crippen LogP contribution in [0.25, 0.3) is 10.9 Å². The van der Waals surface area contributed by atoms with Crippen LogP contribution in [0.5, 0.6) is 0 Å². The van der Waals surface area contributed by atoms with Crippen LogP contribution in [-0.2, 0) is 9.47 Å². The molecule has 0 fully saturated rings. The Morgan fingerprint density at radius 1 is 1.10 bits per heavy atom. The topological polar surface area (TPSA) is 60.5 Å². The molecule has 0 unspecified atom stereocenters. The maximum atomic E-state index is 13.2. The molecule has 152 valence electrons. The average molecular weight is 415 g/mol. The molecule has 1 N–H and O–H groups in total. The third kappa shape index (κ3) is 5.76. The van der Waals surface area contributed by atoms with Gasteiger partial charge in [-0.3, -0.25) is 4.79 Å². The van der Waals surface area contributed by atoms with Crippen molar-refractivity contribution < 1.29 is 18.7 Å². The summed E-state index contributed by atoms with van der Waals surface area (Å²) >= 11 is 1.38. The van der Waals surface area contributed by atoms with E-state index in [-0.39, 0.29) is 18.3 Å². The molecule has 0 aliphatic carbocycles. The first-order chi connectivity index (χ1) is 14.1. The summed E-state index contributed by atoms with van der Waals surface area (Å²) in [7, 11) is 0. The zero-order valence-corrected chi connectivity index (χ0v) is 17.2. The van der Waals surface area contributed by atoms with Crippen molar-refractivity contribution in [2.45, 2.75) is 30.1 Å². The molecule has 2 aromatic carbocycles. The summed E-state index contributed by atoms with van der Waals surface area (Å²) in [6, 6.07) is 15.4. The molecule has 0 saturated heterocycles. The number of ether oxygens (including phenoxy) is 2. The Bertz CT molecular complexity index is 960. The number of nitrogens with one attached hydrogen (secondary N) is 1. The van der Waals surface area contributed by atoms with Gasteiger partial charge in [-0.1, -0.05) is 30.0 Å². The summed E-state index contributed by atoms with van der Waals surface area (Å²) in [6.45, 7) is 5.00. The van der Waals surface area contributed by atoms with Crippen LogP contribution in [0, 0.1) is 5.82 Å². The van der Waals surface area contributed by atoms with Gasteiger partial charge in [0.15, 0.2) is 6.29 Å². The number of halogens is 1. The molecule has 3 aromatic rings. The van der Waals surface area contributed by atoms with E-state index in [9.17, 15) is 9.18 Å². The number of hydrogen-bond donors (Lipinski definition) is 1. The van der Waals surface area contributed by atoms with Gasteiger partial charge >= 0.3 is 0 Å². The van der Waals surface area contributed by atoms with Crippen molar-refractivity contribution in [3.63, 3.8) is 0 Å². The van der Waals surface area contributed by atoms with Gasteiger partial charge in [0.2, 0.25) is 0 Å². The lowest BCUT2D eigenvalue weighted by molar-refractivity contribution is -0.131. The standard InChI is InChI=1S/C22H23FN2O3S/c1-3-27-21(28-4-2)14-24-22(26)18-13-20(25-19-8-6-5-7-17(18)19)29-16-11-9-15(23)10-12-16/h5-13,21H,3-4,14H2,1-2H3,(H,24,26). The molecule has 1 amide bonds. The second kappa shape index (κ2) is 10.3. The van der Waals surface area contributed by atoms with Gasteiger partial charge in [0.25, 0.3) is 5.91 Å². The first-order valence-corrected chi connectivity index (χ1v) is 10.3. The number of amides is 1.